The van der Waals surface area contributed by atoms with Crippen molar-refractivity contribution in [3.05, 3.63) is 31.2 Å². The Balaban J connectivity index is 2.57. The number of amides is 2. The fraction of sp³-hybridized carbons (Fsp3) is 0.308. The molecule has 1 aromatic rings. The first-order valence-electron chi connectivity index (χ1n) is 6.23. The minimum atomic E-state index is -0.767. The molecule has 10 heteroatoms. The zero-order chi connectivity index (χ0) is 17.6. The van der Waals surface area contributed by atoms with Gasteiger partial charge in [-0.2, -0.15) is 0 Å². The van der Waals surface area contributed by atoms with E-state index in [-0.39, 0.29) is 37.2 Å². The molecule has 0 spiro atoms. The number of hydrogen-bond donors (Lipinski definition) is 0. The highest BCUT2D eigenvalue weighted by molar-refractivity contribution is 6.55. The zero-order valence-corrected chi connectivity index (χ0v) is 15.6. The van der Waals surface area contributed by atoms with Crippen LogP contribution in [-0.4, -0.2) is 60.6 Å². The fourth-order valence-electron chi connectivity index (χ4n) is 2.06. The zero-order valence-electron chi connectivity index (χ0n) is 12.6. The third-order valence-electron chi connectivity index (χ3n) is 3.00. The van der Waals surface area contributed by atoms with Crippen LogP contribution < -0.4 is 0 Å². The van der Waals surface area contributed by atoms with Crippen LogP contribution >= 0.6 is 46.4 Å². The number of carbonyl (C=O) groups is 2. The first-order valence-corrected chi connectivity index (χ1v) is 7.75. The molecule has 0 N–H and O–H groups in total. The average Bonchev–Trinajstić information content (AvgIpc) is 2.71. The third kappa shape index (κ3) is 2.85. The second kappa shape index (κ2) is 6.36. The summed E-state index contributed by atoms with van der Waals surface area (Å²) in [6.45, 7) is 0. The number of benzene rings is 1. The lowest BCUT2D eigenvalue weighted by molar-refractivity contribution is -0.484. The summed E-state index contributed by atoms with van der Waals surface area (Å²) in [7, 11) is 6.78. The highest BCUT2D eigenvalue weighted by Gasteiger charge is 2.45. The Morgan fingerprint density at radius 3 is 1.61 bits per heavy atom. The number of hydrogen-bond acceptors (Lipinski definition) is 3. The number of nitrogens with zero attached hydrogens (tertiary/aromatic N) is 3. The van der Waals surface area contributed by atoms with Gasteiger partial charge in [0.1, 0.15) is 0 Å². The van der Waals surface area contributed by atoms with Gasteiger partial charge in [-0.25, -0.2) is 9.48 Å². The molecule has 0 aliphatic carbocycles. The molecule has 124 valence electrons. The van der Waals surface area contributed by atoms with Crippen LogP contribution in [0.2, 0.25) is 20.1 Å². The summed E-state index contributed by atoms with van der Waals surface area (Å²) in [5.41, 5.74) is -0.263. The quantitative estimate of drug-likeness (QED) is 0.182. The summed E-state index contributed by atoms with van der Waals surface area (Å²) in [6, 6.07) is 0.254. The van der Waals surface area contributed by atoms with Crippen molar-refractivity contribution in [2.45, 2.75) is 0 Å². The molecule has 6 nitrogen and oxygen atoms in total. The van der Waals surface area contributed by atoms with E-state index in [4.69, 9.17) is 51.2 Å². The summed E-state index contributed by atoms with van der Waals surface area (Å²) >= 11 is 24.0. The molecule has 0 radical (unpaired) electrons. The fourth-order valence-corrected chi connectivity index (χ4v) is 3.07. The molecule has 23 heavy (non-hydrogen) atoms. The normalized spacial score (nSPS) is 13.3. The molecule has 0 fully saturated rings. The van der Waals surface area contributed by atoms with Crippen molar-refractivity contribution < 1.29 is 19.0 Å². The van der Waals surface area contributed by atoms with Crippen molar-refractivity contribution >= 4 is 64.2 Å². The molecule has 1 aliphatic rings. The first kappa shape index (κ1) is 18.1. The maximum atomic E-state index is 12.5. The first-order chi connectivity index (χ1) is 10.6. The summed E-state index contributed by atoms with van der Waals surface area (Å²) in [6.07, 6.45) is 0. The molecule has 1 aromatic carbocycles. The van der Waals surface area contributed by atoms with Crippen LogP contribution in [0.25, 0.3) is 0 Å². The summed E-state index contributed by atoms with van der Waals surface area (Å²) in [5.74, 6) is -1.53. The maximum absolute atomic E-state index is 12.5. The van der Waals surface area contributed by atoms with Gasteiger partial charge in [-0.15, -0.1) is 0 Å². The monoisotopic (exact) mass is 398 g/mol. The Kier molecular flexibility index (Phi) is 5.01. The van der Waals surface area contributed by atoms with Gasteiger partial charge in [0.2, 0.25) is 0 Å². The van der Waals surface area contributed by atoms with Gasteiger partial charge in [0.05, 0.1) is 59.4 Å². The number of carbonyl (C=O) groups excluding carboxylic acids is 2. The number of imide groups is 1. The van der Waals surface area contributed by atoms with Gasteiger partial charge < -0.3 is 0 Å². The average molecular weight is 400 g/mol. The molecule has 0 saturated heterocycles. The van der Waals surface area contributed by atoms with Gasteiger partial charge in [0, 0.05) is 0 Å². The van der Waals surface area contributed by atoms with Gasteiger partial charge in [-0.1, -0.05) is 51.5 Å². The highest BCUT2D eigenvalue weighted by atomic mass is 35.5. The molecule has 2 amide bonds. The van der Waals surface area contributed by atoms with E-state index in [1.807, 2.05) is 0 Å². The molecule has 1 heterocycles. The predicted molar refractivity (Wildman–Crippen MR) is 88.9 cm³/mol. The van der Waals surface area contributed by atoms with Crippen LogP contribution in [0.15, 0.2) is 0 Å². The van der Waals surface area contributed by atoms with E-state index < -0.39 is 11.8 Å². The second-order valence-corrected chi connectivity index (χ2v) is 6.59. The minimum Gasteiger partial charge on any atom is -0.292 e. The Hall–Kier alpha value is -1.21. The maximum Gasteiger partial charge on any atom is 0.470 e. The Morgan fingerprint density at radius 1 is 0.913 bits per heavy atom. The minimum absolute atomic E-state index is 0.0931. The number of amidine groups is 1. The van der Waals surface area contributed by atoms with Crippen LogP contribution in [0.4, 0.5) is 0 Å². The molecule has 0 unspecified atom stereocenters. The molecule has 1 aliphatic heterocycles. The molecule has 2 rings (SSSR count). The van der Waals surface area contributed by atoms with E-state index in [1.54, 1.807) is 37.7 Å². The third-order valence-corrected chi connectivity index (χ3v) is 4.80. The highest BCUT2D eigenvalue weighted by Crippen LogP contribution is 2.44. The van der Waals surface area contributed by atoms with Crippen LogP contribution in [-0.2, 0) is 4.84 Å². The van der Waals surface area contributed by atoms with Gasteiger partial charge in [0.25, 0.3) is 11.8 Å². The van der Waals surface area contributed by atoms with Crippen LogP contribution in [0, 0.1) is 0 Å². The van der Waals surface area contributed by atoms with Crippen molar-refractivity contribution in [1.29, 1.82) is 0 Å². The van der Waals surface area contributed by atoms with E-state index in [1.165, 1.54) is 0 Å². The van der Waals surface area contributed by atoms with Crippen molar-refractivity contribution in [2.75, 3.05) is 28.2 Å². The predicted octanol–water partition coefficient (Wildman–Crippen LogP) is 3.02. The van der Waals surface area contributed by atoms with E-state index in [9.17, 15) is 9.59 Å². The van der Waals surface area contributed by atoms with Crippen LogP contribution in [0.3, 0.4) is 0 Å². The van der Waals surface area contributed by atoms with Crippen LogP contribution in [0.5, 0.6) is 0 Å². The van der Waals surface area contributed by atoms with Crippen LogP contribution in [0.1, 0.15) is 20.7 Å². The van der Waals surface area contributed by atoms with E-state index >= 15 is 0 Å². The van der Waals surface area contributed by atoms with Crippen molar-refractivity contribution in [1.82, 2.24) is 9.96 Å². The Morgan fingerprint density at radius 2 is 1.30 bits per heavy atom. The van der Waals surface area contributed by atoms with Gasteiger partial charge >= 0.3 is 6.02 Å². The number of halogens is 4. The Labute approximate surface area is 152 Å². The molecule has 0 atom stereocenters. The second-order valence-electron chi connectivity index (χ2n) is 5.07. The van der Waals surface area contributed by atoms with Crippen molar-refractivity contribution in [2.24, 2.45) is 0 Å². The number of fused-ring (bicyclic) bond motifs is 1. The Bertz CT molecular complexity index is 711. The topological polar surface area (TPSA) is 52.9 Å². The van der Waals surface area contributed by atoms with E-state index in [2.05, 4.69) is 0 Å². The number of hydroxylamine groups is 2. The van der Waals surface area contributed by atoms with Gasteiger partial charge in [-0.3, -0.25) is 14.4 Å². The lowest BCUT2D eigenvalue weighted by atomic mass is 10.1. The molecular formula is C13H12Cl4N3O3+. The van der Waals surface area contributed by atoms with E-state index in [0.717, 1.165) is 0 Å². The smallest absolute Gasteiger partial charge is 0.292 e. The lowest BCUT2D eigenvalue weighted by Gasteiger charge is -2.16. The number of rotatable bonds is 1. The summed E-state index contributed by atoms with van der Waals surface area (Å²) in [4.78, 5) is 32.0. The molecular weight excluding hydrogens is 388 g/mol. The lowest BCUT2D eigenvalue weighted by Crippen LogP contribution is -2.41. The standard InChI is InChI=1S/C13H12Cl4N3O3/c1-18(2)13(19(3)4)23-20-11(21)5-6(12(20)22)8(15)10(17)9(16)7(5)14/h1-4H3/q+1. The summed E-state index contributed by atoms with van der Waals surface area (Å²) < 4.78 is 1.59. The van der Waals surface area contributed by atoms with E-state index in [0.29, 0.717) is 5.06 Å². The SMILES string of the molecule is CN(C)C(ON1C(=O)c2c(Cl)c(Cl)c(Cl)c(Cl)c2C1=O)=[N+](C)C. The van der Waals surface area contributed by atoms with Gasteiger partial charge in [0.15, 0.2) is 0 Å². The van der Waals surface area contributed by atoms with Crippen molar-refractivity contribution in [3.63, 3.8) is 0 Å². The molecule has 0 saturated carbocycles. The molecule has 0 bridgehead atoms. The largest absolute Gasteiger partial charge is 0.470 e. The van der Waals surface area contributed by atoms with Gasteiger partial charge in [-0.05, 0) is 0 Å². The molecule has 0 aromatic heterocycles. The van der Waals surface area contributed by atoms with Crippen molar-refractivity contribution in [3.8, 4) is 0 Å². The summed E-state index contributed by atoms with van der Waals surface area (Å²) in [5, 5.41) is 0.104.